The van der Waals surface area contributed by atoms with Crippen LogP contribution in [-0.4, -0.2) is 12.6 Å². The van der Waals surface area contributed by atoms with Crippen molar-refractivity contribution < 1.29 is 9.53 Å². The lowest BCUT2D eigenvalue weighted by molar-refractivity contribution is -0.146. The van der Waals surface area contributed by atoms with Gasteiger partial charge in [0.15, 0.2) is 0 Å². The number of hydrogen-bond donors (Lipinski definition) is 0. The van der Waals surface area contributed by atoms with Crippen LogP contribution in [-0.2, 0) is 22.4 Å². The molecule has 2 heteroatoms. The van der Waals surface area contributed by atoms with E-state index in [2.05, 4.69) is 24.3 Å². The van der Waals surface area contributed by atoms with Gasteiger partial charge in [-0.25, -0.2) is 0 Å². The first-order valence-electron chi connectivity index (χ1n) is 6.56. The smallest absolute Gasteiger partial charge is 0.308 e. The van der Waals surface area contributed by atoms with E-state index in [1.807, 2.05) is 0 Å². The third-order valence-electron chi connectivity index (χ3n) is 3.82. The summed E-state index contributed by atoms with van der Waals surface area (Å²) >= 11 is 0. The van der Waals surface area contributed by atoms with Gasteiger partial charge >= 0.3 is 5.97 Å². The monoisotopic (exact) mass is 230 g/mol. The molecular weight excluding hydrogens is 212 g/mol. The lowest BCUT2D eigenvalue weighted by atomic mass is 9.84. The van der Waals surface area contributed by atoms with Gasteiger partial charge in [0.1, 0.15) is 0 Å². The Hall–Kier alpha value is -1.31. The quantitative estimate of drug-likeness (QED) is 0.746. The van der Waals surface area contributed by atoms with Crippen molar-refractivity contribution in [2.75, 3.05) is 6.61 Å². The fraction of sp³-hybridized carbons (Fsp3) is 0.533. The largest absolute Gasteiger partial charge is 0.465 e. The Morgan fingerprint density at radius 3 is 2.71 bits per heavy atom. The van der Waals surface area contributed by atoms with Crippen LogP contribution in [0.2, 0.25) is 0 Å². The van der Waals surface area contributed by atoms with Crippen LogP contribution in [0.4, 0.5) is 0 Å². The first-order valence-corrected chi connectivity index (χ1v) is 6.56. The molecule has 0 spiro atoms. The van der Waals surface area contributed by atoms with Gasteiger partial charge in [0.05, 0.1) is 12.5 Å². The lowest BCUT2D eigenvalue weighted by Gasteiger charge is -2.24. The fourth-order valence-electron chi connectivity index (χ4n) is 2.55. The zero-order chi connectivity index (χ0) is 11.7. The minimum absolute atomic E-state index is 0.0314. The van der Waals surface area contributed by atoms with E-state index in [-0.39, 0.29) is 11.9 Å². The molecule has 0 saturated heterocycles. The van der Waals surface area contributed by atoms with E-state index < -0.39 is 0 Å². The molecule has 1 aromatic carbocycles. The average Bonchev–Trinajstić information content (AvgIpc) is 3.20. The summed E-state index contributed by atoms with van der Waals surface area (Å²) in [6, 6.07) is 8.61. The van der Waals surface area contributed by atoms with Crippen molar-refractivity contribution in [1.29, 1.82) is 0 Å². The molecule has 1 fully saturated rings. The summed E-state index contributed by atoms with van der Waals surface area (Å²) in [7, 11) is 0. The molecule has 0 bridgehead atoms. The van der Waals surface area contributed by atoms with Gasteiger partial charge in [-0.15, -0.1) is 0 Å². The van der Waals surface area contributed by atoms with Crippen molar-refractivity contribution in [3.8, 4) is 0 Å². The molecule has 0 aliphatic heterocycles. The van der Waals surface area contributed by atoms with Crippen LogP contribution in [0.5, 0.6) is 0 Å². The molecule has 1 unspecified atom stereocenters. The Labute approximate surface area is 102 Å². The van der Waals surface area contributed by atoms with E-state index >= 15 is 0 Å². The first-order chi connectivity index (χ1) is 8.33. The SMILES string of the molecule is O=C(OCC1CCc2ccccc2C1)C1CC1. The summed E-state index contributed by atoms with van der Waals surface area (Å²) in [4.78, 5) is 11.5. The van der Waals surface area contributed by atoms with Crippen molar-refractivity contribution in [3.63, 3.8) is 0 Å². The Balaban J connectivity index is 1.55. The molecule has 0 heterocycles. The molecule has 2 aliphatic rings. The molecule has 1 atom stereocenters. The molecule has 0 aromatic heterocycles. The van der Waals surface area contributed by atoms with Gasteiger partial charge in [-0.1, -0.05) is 24.3 Å². The van der Waals surface area contributed by atoms with Crippen molar-refractivity contribution in [1.82, 2.24) is 0 Å². The van der Waals surface area contributed by atoms with Crippen molar-refractivity contribution in [2.24, 2.45) is 11.8 Å². The van der Waals surface area contributed by atoms with Crippen LogP contribution in [0.1, 0.15) is 30.4 Å². The summed E-state index contributed by atoms with van der Waals surface area (Å²) in [5.41, 5.74) is 2.91. The maximum Gasteiger partial charge on any atom is 0.308 e. The number of benzene rings is 1. The number of hydrogen-bond acceptors (Lipinski definition) is 2. The zero-order valence-electron chi connectivity index (χ0n) is 10.0. The molecule has 0 amide bonds. The number of rotatable bonds is 3. The van der Waals surface area contributed by atoms with Crippen molar-refractivity contribution in [3.05, 3.63) is 35.4 Å². The molecule has 17 heavy (non-hydrogen) atoms. The highest BCUT2D eigenvalue weighted by Crippen LogP contribution is 2.31. The van der Waals surface area contributed by atoms with Gasteiger partial charge in [0.2, 0.25) is 0 Å². The van der Waals surface area contributed by atoms with E-state index in [9.17, 15) is 4.79 Å². The van der Waals surface area contributed by atoms with E-state index in [4.69, 9.17) is 4.74 Å². The zero-order valence-corrected chi connectivity index (χ0v) is 10.0. The summed E-state index contributed by atoms with van der Waals surface area (Å²) in [5, 5.41) is 0. The van der Waals surface area contributed by atoms with Crippen LogP contribution in [0.15, 0.2) is 24.3 Å². The minimum Gasteiger partial charge on any atom is -0.465 e. The van der Waals surface area contributed by atoms with Gasteiger partial charge in [0.25, 0.3) is 0 Å². The molecule has 0 N–H and O–H groups in total. The van der Waals surface area contributed by atoms with E-state index in [1.165, 1.54) is 11.1 Å². The highest BCUT2D eigenvalue weighted by atomic mass is 16.5. The average molecular weight is 230 g/mol. The third-order valence-corrected chi connectivity index (χ3v) is 3.82. The van der Waals surface area contributed by atoms with Gasteiger partial charge in [-0.05, 0) is 49.1 Å². The topological polar surface area (TPSA) is 26.3 Å². The predicted molar refractivity (Wildman–Crippen MR) is 65.6 cm³/mol. The van der Waals surface area contributed by atoms with E-state index in [1.54, 1.807) is 0 Å². The highest BCUT2D eigenvalue weighted by Gasteiger charge is 2.31. The van der Waals surface area contributed by atoms with Gasteiger partial charge < -0.3 is 4.74 Å². The van der Waals surface area contributed by atoms with Crippen molar-refractivity contribution in [2.45, 2.75) is 32.1 Å². The molecule has 90 valence electrons. The normalized spacial score (nSPS) is 22.9. The second-order valence-corrected chi connectivity index (χ2v) is 5.28. The maximum atomic E-state index is 11.5. The number of esters is 1. The van der Waals surface area contributed by atoms with Gasteiger partial charge in [0, 0.05) is 0 Å². The van der Waals surface area contributed by atoms with Gasteiger partial charge in [-0.3, -0.25) is 4.79 Å². The number of carbonyl (C=O) groups excluding carboxylic acids is 1. The molecule has 1 aromatic rings. The summed E-state index contributed by atoms with van der Waals surface area (Å²) in [6.45, 7) is 0.615. The Bertz CT molecular complexity index is 421. The Kier molecular flexibility index (Phi) is 2.87. The van der Waals surface area contributed by atoms with Crippen LogP contribution in [0.3, 0.4) is 0 Å². The van der Waals surface area contributed by atoms with Crippen molar-refractivity contribution >= 4 is 5.97 Å². The fourth-order valence-corrected chi connectivity index (χ4v) is 2.55. The molecular formula is C15H18O2. The summed E-state index contributed by atoms with van der Waals surface area (Å²) < 4.78 is 5.38. The van der Waals surface area contributed by atoms with Crippen LogP contribution >= 0.6 is 0 Å². The minimum atomic E-state index is 0.0314. The Morgan fingerprint density at radius 2 is 1.94 bits per heavy atom. The van der Waals surface area contributed by atoms with Crippen LogP contribution in [0, 0.1) is 11.8 Å². The number of carbonyl (C=O) groups is 1. The highest BCUT2D eigenvalue weighted by molar-refractivity contribution is 5.74. The van der Waals surface area contributed by atoms with E-state index in [0.29, 0.717) is 12.5 Å². The Morgan fingerprint density at radius 1 is 1.18 bits per heavy atom. The van der Waals surface area contributed by atoms with Crippen LogP contribution in [0.25, 0.3) is 0 Å². The molecule has 2 aliphatic carbocycles. The molecule has 0 radical (unpaired) electrons. The van der Waals surface area contributed by atoms with Gasteiger partial charge in [-0.2, -0.15) is 0 Å². The summed E-state index contributed by atoms with van der Waals surface area (Å²) in [5.74, 6) is 0.780. The van der Waals surface area contributed by atoms with Crippen LogP contribution < -0.4 is 0 Å². The number of ether oxygens (including phenoxy) is 1. The second-order valence-electron chi connectivity index (χ2n) is 5.28. The number of aryl methyl sites for hydroxylation is 1. The molecule has 3 rings (SSSR count). The predicted octanol–water partition coefficient (Wildman–Crippen LogP) is 2.74. The maximum absolute atomic E-state index is 11.5. The number of fused-ring (bicyclic) bond motifs is 1. The standard InChI is InChI=1S/C15H18O2/c16-15(13-7-8-13)17-10-11-5-6-12-3-1-2-4-14(12)9-11/h1-4,11,13H,5-10H2. The second kappa shape index (κ2) is 4.52. The first kappa shape index (κ1) is 10.8. The summed E-state index contributed by atoms with van der Waals surface area (Å²) in [6.07, 6.45) is 5.41. The molecule has 2 nitrogen and oxygen atoms in total. The lowest BCUT2D eigenvalue weighted by Crippen LogP contribution is -2.21. The third kappa shape index (κ3) is 2.51. The molecule has 1 saturated carbocycles. The van der Waals surface area contributed by atoms with E-state index in [0.717, 1.165) is 32.1 Å².